The summed E-state index contributed by atoms with van der Waals surface area (Å²) in [6, 6.07) is 16.2. The average molecular weight is 472 g/mol. The summed E-state index contributed by atoms with van der Waals surface area (Å²) in [7, 11) is 0. The minimum atomic E-state index is -0.291. The predicted octanol–water partition coefficient (Wildman–Crippen LogP) is 3.61. The van der Waals surface area contributed by atoms with Crippen LogP contribution in [0.2, 0.25) is 0 Å². The zero-order valence-corrected chi connectivity index (χ0v) is 19.1. The van der Waals surface area contributed by atoms with Gasteiger partial charge in [-0.05, 0) is 43.5 Å². The van der Waals surface area contributed by atoms with E-state index in [0.717, 1.165) is 37.9 Å². The number of nitrogens with zero attached hydrogens (tertiary/aromatic N) is 5. The highest BCUT2D eigenvalue weighted by Gasteiger charge is 2.35. The molecule has 2 aromatic rings. The molecule has 0 spiro atoms. The molecule has 0 unspecified atom stereocenters. The van der Waals surface area contributed by atoms with Crippen LogP contribution in [0.4, 0.5) is 0 Å². The first-order valence-corrected chi connectivity index (χ1v) is 12.3. The summed E-state index contributed by atoms with van der Waals surface area (Å²) in [5.74, 6) is -0.0405. The largest absolute Gasteiger partial charge is 0.324 e. The van der Waals surface area contributed by atoms with Crippen LogP contribution in [0.5, 0.6) is 0 Å². The van der Waals surface area contributed by atoms with Gasteiger partial charge in [-0.1, -0.05) is 48.5 Å². The molecule has 4 aliphatic rings. The van der Waals surface area contributed by atoms with E-state index in [1.165, 1.54) is 21.3 Å². The van der Waals surface area contributed by atoms with Crippen LogP contribution < -0.4 is 5.56 Å². The number of para-hydroxylation sites is 1. The fourth-order valence-corrected chi connectivity index (χ4v) is 5.67. The van der Waals surface area contributed by atoms with E-state index in [2.05, 4.69) is 9.67 Å². The molecule has 4 heterocycles. The van der Waals surface area contributed by atoms with Crippen LogP contribution in [0.15, 0.2) is 64.5 Å². The number of hydrogen-bond acceptors (Lipinski definition) is 6. The van der Waals surface area contributed by atoms with Gasteiger partial charge in [0.2, 0.25) is 0 Å². The van der Waals surface area contributed by atoms with Gasteiger partial charge >= 0.3 is 0 Å². The van der Waals surface area contributed by atoms with Gasteiger partial charge in [-0.25, -0.2) is 4.98 Å². The highest BCUT2D eigenvalue weighted by atomic mass is 32.2. The molecule has 0 aromatic heterocycles. The van der Waals surface area contributed by atoms with Crippen molar-refractivity contribution in [2.45, 2.75) is 37.4 Å². The lowest BCUT2D eigenvalue weighted by molar-refractivity contribution is 0.0684. The normalized spacial score (nSPS) is 15.5. The molecule has 6 rings (SSSR count). The summed E-state index contributed by atoms with van der Waals surface area (Å²) in [4.78, 5) is 44.9. The molecule has 0 atom stereocenters. The molecule has 9 heteroatoms. The van der Waals surface area contributed by atoms with E-state index in [4.69, 9.17) is 4.98 Å². The molecule has 0 saturated carbocycles. The van der Waals surface area contributed by atoms with E-state index in [-0.39, 0.29) is 23.3 Å². The third-order valence-electron chi connectivity index (χ3n) is 6.37. The lowest BCUT2D eigenvalue weighted by Gasteiger charge is -2.19. The maximum absolute atomic E-state index is 13.3. The van der Waals surface area contributed by atoms with Gasteiger partial charge in [0.15, 0.2) is 11.0 Å². The Labute approximate surface area is 199 Å². The Hall–Kier alpha value is -3.72. The van der Waals surface area contributed by atoms with E-state index >= 15 is 0 Å². The lowest BCUT2D eigenvalue weighted by atomic mass is 10.1. The molecule has 0 saturated heterocycles. The van der Waals surface area contributed by atoms with E-state index in [1.807, 2.05) is 30.3 Å². The number of carbonyl (C=O) groups excluding carboxylic acids is 2. The smallest absolute Gasteiger partial charge is 0.284 e. The molecule has 4 aliphatic heterocycles. The summed E-state index contributed by atoms with van der Waals surface area (Å²) in [6.07, 6.45) is 3.78. The SMILES string of the molecule is O=C1c2ccccc2C(=O)N1CSc1nc2nn(-c3ccccc3)c(=O)c-2c2n1CCCCC2. The van der Waals surface area contributed by atoms with Crippen LogP contribution in [0, 0.1) is 0 Å². The van der Waals surface area contributed by atoms with Crippen molar-refractivity contribution in [1.29, 1.82) is 0 Å². The van der Waals surface area contributed by atoms with Gasteiger partial charge in [-0.2, -0.15) is 4.68 Å². The number of carbonyl (C=O) groups is 2. The molecule has 2 aromatic carbocycles. The van der Waals surface area contributed by atoms with Gasteiger partial charge in [0.1, 0.15) is 5.56 Å². The van der Waals surface area contributed by atoms with E-state index < -0.39 is 0 Å². The third kappa shape index (κ3) is 3.27. The quantitative estimate of drug-likeness (QED) is 0.257. The molecular formula is C25H21N5O3S. The van der Waals surface area contributed by atoms with E-state index in [1.54, 1.807) is 24.3 Å². The maximum atomic E-state index is 13.3. The number of fused-ring (bicyclic) bond motifs is 4. The van der Waals surface area contributed by atoms with E-state index in [9.17, 15) is 14.4 Å². The molecule has 8 nitrogen and oxygen atoms in total. The Bertz CT molecular complexity index is 1420. The predicted molar refractivity (Wildman–Crippen MR) is 127 cm³/mol. The second-order valence-corrected chi connectivity index (χ2v) is 9.32. The first-order chi connectivity index (χ1) is 16.6. The highest BCUT2D eigenvalue weighted by molar-refractivity contribution is 7.99. The fraction of sp³-hybridized carbons (Fsp3) is 0.240. The number of imide groups is 1. The Morgan fingerprint density at radius 3 is 2.29 bits per heavy atom. The number of hydrogen-bond donors (Lipinski definition) is 0. The van der Waals surface area contributed by atoms with Crippen LogP contribution in [0.1, 0.15) is 45.7 Å². The number of aromatic nitrogens is 4. The first-order valence-electron chi connectivity index (χ1n) is 11.3. The molecule has 34 heavy (non-hydrogen) atoms. The standard InChI is InChI=1S/C25H21N5O3S/c31-22-17-11-6-7-12-18(17)23(32)29(22)15-34-25-26-21-20(19-13-5-2-8-14-28(19)25)24(33)30(27-21)16-9-3-1-4-10-16/h1,3-4,6-7,9-12H,2,5,8,13-15H2. The summed E-state index contributed by atoms with van der Waals surface area (Å²) < 4.78 is 3.48. The molecule has 0 radical (unpaired) electrons. The van der Waals surface area contributed by atoms with Gasteiger partial charge in [-0.3, -0.25) is 19.3 Å². The average Bonchev–Trinajstić information content (AvgIpc) is 3.17. The molecule has 0 aliphatic carbocycles. The Morgan fingerprint density at radius 2 is 1.56 bits per heavy atom. The summed E-state index contributed by atoms with van der Waals surface area (Å²) in [5.41, 5.74) is 2.87. The number of benzene rings is 2. The fourth-order valence-electron chi connectivity index (χ4n) is 4.69. The van der Waals surface area contributed by atoms with Crippen LogP contribution >= 0.6 is 11.8 Å². The van der Waals surface area contributed by atoms with Crippen molar-refractivity contribution in [2.24, 2.45) is 0 Å². The van der Waals surface area contributed by atoms with Crippen molar-refractivity contribution >= 4 is 23.6 Å². The summed E-state index contributed by atoms with van der Waals surface area (Å²) in [5, 5.41) is 5.21. The van der Waals surface area contributed by atoms with Crippen molar-refractivity contribution in [3.63, 3.8) is 0 Å². The van der Waals surface area contributed by atoms with Gasteiger partial charge < -0.3 is 4.57 Å². The van der Waals surface area contributed by atoms with Gasteiger partial charge in [0.05, 0.1) is 22.7 Å². The first kappa shape index (κ1) is 20.9. The van der Waals surface area contributed by atoms with E-state index in [0.29, 0.717) is 33.4 Å². The summed E-state index contributed by atoms with van der Waals surface area (Å²) in [6.45, 7) is 0.735. The van der Waals surface area contributed by atoms with Crippen molar-refractivity contribution in [2.75, 3.05) is 5.88 Å². The van der Waals surface area contributed by atoms with Gasteiger partial charge in [0.25, 0.3) is 17.4 Å². The second-order valence-electron chi connectivity index (χ2n) is 8.41. The van der Waals surface area contributed by atoms with Crippen molar-refractivity contribution < 1.29 is 9.59 Å². The number of rotatable bonds is 4. The van der Waals surface area contributed by atoms with Gasteiger partial charge in [0, 0.05) is 12.2 Å². The van der Waals surface area contributed by atoms with Crippen LogP contribution in [-0.4, -0.2) is 41.9 Å². The molecular weight excluding hydrogens is 450 g/mol. The minimum Gasteiger partial charge on any atom is -0.324 e. The third-order valence-corrected chi connectivity index (χ3v) is 7.33. The lowest BCUT2D eigenvalue weighted by Crippen LogP contribution is -2.29. The van der Waals surface area contributed by atoms with Crippen LogP contribution in [-0.2, 0) is 13.0 Å². The number of amides is 2. The highest BCUT2D eigenvalue weighted by Crippen LogP contribution is 2.32. The van der Waals surface area contributed by atoms with Crippen molar-refractivity contribution in [3.8, 4) is 17.1 Å². The zero-order chi connectivity index (χ0) is 23.2. The molecule has 170 valence electrons. The molecule has 2 amide bonds. The van der Waals surface area contributed by atoms with Crippen molar-refractivity contribution in [1.82, 2.24) is 24.2 Å². The second kappa shape index (κ2) is 8.25. The Balaban J connectivity index is 1.40. The zero-order valence-electron chi connectivity index (χ0n) is 18.3. The number of thioether (sulfide) groups is 1. The molecule has 0 N–H and O–H groups in total. The maximum Gasteiger partial charge on any atom is 0.284 e. The van der Waals surface area contributed by atoms with Gasteiger partial charge in [-0.15, -0.1) is 5.10 Å². The minimum absolute atomic E-state index is 0.147. The Kier molecular flexibility index (Phi) is 5.06. The monoisotopic (exact) mass is 471 g/mol. The van der Waals surface area contributed by atoms with Crippen LogP contribution in [0.25, 0.3) is 17.1 Å². The topological polar surface area (TPSA) is 90.1 Å². The molecule has 0 bridgehead atoms. The van der Waals surface area contributed by atoms with Crippen LogP contribution in [0.3, 0.4) is 0 Å². The Morgan fingerprint density at radius 1 is 0.853 bits per heavy atom. The molecule has 0 fully saturated rings. The van der Waals surface area contributed by atoms with Crippen molar-refractivity contribution in [3.05, 3.63) is 81.8 Å². The summed E-state index contributed by atoms with van der Waals surface area (Å²) >= 11 is 1.33.